The van der Waals surface area contributed by atoms with Crippen LogP contribution in [0.15, 0.2) is 53.5 Å². The first-order valence-corrected chi connectivity index (χ1v) is 11.8. The molecule has 172 valence electrons. The third-order valence-electron chi connectivity index (χ3n) is 6.26. The molecule has 0 radical (unpaired) electrons. The lowest BCUT2D eigenvalue weighted by Crippen LogP contribution is -2.44. The summed E-state index contributed by atoms with van der Waals surface area (Å²) in [6.07, 6.45) is 3.41. The van der Waals surface area contributed by atoms with Crippen LogP contribution < -0.4 is 15.5 Å². The SMILES string of the molecule is CN=C(NCc1cccc(COC2CCOCC2)c1)NC1CCN(c2ccc(C)cc2)C1. The maximum Gasteiger partial charge on any atom is 0.191 e. The molecule has 32 heavy (non-hydrogen) atoms. The number of aliphatic imine (C=N–C) groups is 1. The average molecular weight is 437 g/mol. The molecule has 1 unspecified atom stereocenters. The van der Waals surface area contributed by atoms with Crippen LogP contribution in [0.1, 0.15) is 36.0 Å². The van der Waals surface area contributed by atoms with Gasteiger partial charge in [0.1, 0.15) is 0 Å². The molecule has 0 aliphatic carbocycles. The van der Waals surface area contributed by atoms with E-state index in [1.807, 2.05) is 7.05 Å². The van der Waals surface area contributed by atoms with Crippen molar-refractivity contribution in [1.29, 1.82) is 0 Å². The lowest BCUT2D eigenvalue weighted by molar-refractivity contribution is -0.0390. The zero-order valence-electron chi connectivity index (χ0n) is 19.3. The van der Waals surface area contributed by atoms with Crippen LogP contribution in [0, 0.1) is 6.92 Å². The molecule has 2 aromatic carbocycles. The van der Waals surface area contributed by atoms with Crippen LogP contribution >= 0.6 is 0 Å². The summed E-state index contributed by atoms with van der Waals surface area (Å²) in [5.74, 6) is 0.851. The minimum atomic E-state index is 0.319. The number of rotatable bonds is 7. The van der Waals surface area contributed by atoms with Crippen molar-refractivity contribution in [1.82, 2.24) is 10.6 Å². The number of benzene rings is 2. The zero-order valence-corrected chi connectivity index (χ0v) is 19.3. The largest absolute Gasteiger partial charge is 0.381 e. The molecular formula is C26H36N4O2. The first-order chi connectivity index (χ1) is 15.7. The summed E-state index contributed by atoms with van der Waals surface area (Å²) in [6.45, 7) is 7.19. The Bertz CT molecular complexity index is 878. The number of aryl methyl sites for hydroxylation is 1. The molecule has 2 heterocycles. The topological polar surface area (TPSA) is 58.1 Å². The van der Waals surface area contributed by atoms with Crippen LogP contribution in [0.25, 0.3) is 0 Å². The van der Waals surface area contributed by atoms with Crippen molar-refractivity contribution in [2.75, 3.05) is 38.3 Å². The quantitative estimate of drug-likeness (QED) is 0.513. The Kier molecular flexibility index (Phi) is 8.02. The van der Waals surface area contributed by atoms with E-state index in [0.717, 1.165) is 58.1 Å². The number of guanidine groups is 1. The van der Waals surface area contributed by atoms with Gasteiger partial charge in [-0.05, 0) is 49.4 Å². The predicted molar refractivity (Wildman–Crippen MR) is 130 cm³/mol. The maximum atomic E-state index is 6.07. The lowest BCUT2D eigenvalue weighted by atomic mass is 10.1. The Morgan fingerprint density at radius 2 is 1.88 bits per heavy atom. The fourth-order valence-corrected chi connectivity index (χ4v) is 4.33. The van der Waals surface area contributed by atoms with Gasteiger partial charge < -0.3 is 25.0 Å². The average Bonchev–Trinajstić information content (AvgIpc) is 3.30. The van der Waals surface area contributed by atoms with Crippen LogP contribution in [0.5, 0.6) is 0 Å². The second-order valence-corrected chi connectivity index (χ2v) is 8.78. The first-order valence-electron chi connectivity index (χ1n) is 11.8. The van der Waals surface area contributed by atoms with E-state index < -0.39 is 0 Å². The van der Waals surface area contributed by atoms with E-state index in [1.165, 1.54) is 22.4 Å². The van der Waals surface area contributed by atoms with Gasteiger partial charge in [0.05, 0.1) is 12.7 Å². The molecule has 0 amide bonds. The van der Waals surface area contributed by atoms with Gasteiger partial charge in [0.25, 0.3) is 0 Å². The summed E-state index contributed by atoms with van der Waals surface area (Å²) in [5.41, 5.74) is 5.03. The molecule has 0 saturated carbocycles. The van der Waals surface area contributed by atoms with Gasteiger partial charge in [0, 0.05) is 51.6 Å². The number of hydrogen-bond donors (Lipinski definition) is 2. The van der Waals surface area contributed by atoms with Crippen LogP contribution in [0.4, 0.5) is 5.69 Å². The van der Waals surface area contributed by atoms with Crippen molar-refractivity contribution in [2.24, 2.45) is 4.99 Å². The normalized spacial score (nSPS) is 19.9. The van der Waals surface area contributed by atoms with Gasteiger partial charge >= 0.3 is 0 Å². The second-order valence-electron chi connectivity index (χ2n) is 8.78. The van der Waals surface area contributed by atoms with E-state index >= 15 is 0 Å². The Labute approximate surface area is 192 Å². The Hall–Kier alpha value is -2.57. The second kappa shape index (κ2) is 11.3. The highest BCUT2D eigenvalue weighted by Gasteiger charge is 2.23. The van der Waals surface area contributed by atoms with E-state index in [0.29, 0.717) is 18.8 Å². The van der Waals surface area contributed by atoms with E-state index in [4.69, 9.17) is 9.47 Å². The number of hydrogen-bond acceptors (Lipinski definition) is 4. The third-order valence-corrected chi connectivity index (χ3v) is 6.26. The molecular weight excluding hydrogens is 400 g/mol. The van der Waals surface area contributed by atoms with Crippen molar-refractivity contribution >= 4 is 11.6 Å². The molecule has 2 aliphatic heterocycles. The fourth-order valence-electron chi connectivity index (χ4n) is 4.33. The van der Waals surface area contributed by atoms with Gasteiger partial charge in [-0.1, -0.05) is 42.0 Å². The molecule has 1 atom stereocenters. The lowest BCUT2D eigenvalue weighted by Gasteiger charge is -2.22. The first kappa shape index (κ1) is 22.6. The summed E-state index contributed by atoms with van der Waals surface area (Å²) < 4.78 is 11.5. The zero-order chi connectivity index (χ0) is 22.2. The third kappa shape index (κ3) is 6.47. The Balaban J connectivity index is 1.23. The number of ether oxygens (including phenoxy) is 2. The van der Waals surface area contributed by atoms with Crippen LogP contribution in [0.2, 0.25) is 0 Å². The van der Waals surface area contributed by atoms with Crippen molar-refractivity contribution in [3.05, 3.63) is 65.2 Å². The summed E-state index contributed by atoms with van der Waals surface area (Å²) in [4.78, 5) is 6.87. The van der Waals surface area contributed by atoms with E-state index in [9.17, 15) is 0 Å². The molecule has 2 fully saturated rings. The van der Waals surface area contributed by atoms with Gasteiger partial charge in [-0.3, -0.25) is 4.99 Å². The standard InChI is InChI=1S/C26H36N4O2/c1-20-6-8-24(9-7-20)30-13-10-23(18-30)29-26(27-2)28-17-21-4-3-5-22(16-21)19-32-25-11-14-31-15-12-25/h3-9,16,23,25H,10-15,17-19H2,1-2H3,(H2,27,28,29). The summed E-state index contributed by atoms with van der Waals surface area (Å²) in [7, 11) is 1.83. The molecule has 4 rings (SSSR count). The Morgan fingerprint density at radius 3 is 2.66 bits per heavy atom. The van der Waals surface area contributed by atoms with Crippen molar-refractivity contribution in [3.8, 4) is 0 Å². The van der Waals surface area contributed by atoms with Crippen LogP contribution in [0.3, 0.4) is 0 Å². The van der Waals surface area contributed by atoms with E-state index in [-0.39, 0.29) is 0 Å². The highest BCUT2D eigenvalue weighted by Crippen LogP contribution is 2.21. The van der Waals surface area contributed by atoms with Gasteiger partial charge in [-0.25, -0.2) is 0 Å². The fraction of sp³-hybridized carbons (Fsp3) is 0.500. The van der Waals surface area contributed by atoms with Gasteiger partial charge in [0.2, 0.25) is 0 Å². The van der Waals surface area contributed by atoms with Crippen LogP contribution in [-0.2, 0) is 22.6 Å². The molecule has 2 aromatic rings. The van der Waals surface area contributed by atoms with E-state index in [2.05, 4.69) is 76.0 Å². The summed E-state index contributed by atoms with van der Waals surface area (Å²) in [6, 6.07) is 17.8. The molecule has 0 bridgehead atoms. The molecule has 2 N–H and O–H groups in total. The molecule has 6 nitrogen and oxygen atoms in total. The van der Waals surface area contributed by atoms with Crippen molar-refractivity contribution in [3.63, 3.8) is 0 Å². The van der Waals surface area contributed by atoms with Crippen molar-refractivity contribution in [2.45, 2.75) is 51.5 Å². The van der Waals surface area contributed by atoms with Crippen LogP contribution in [-0.4, -0.2) is 51.5 Å². The maximum absolute atomic E-state index is 6.07. The number of nitrogens with zero attached hydrogens (tertiary/aromatic N) is 2. The summed E-state index contributed by atoms with van der Waals surface area (Å²) >= 11 is 0. The van der Waals surface area contributed by atoms with E-state index in [1.54, 1.807) is 0 Å². The Morgan fingerprint density at radius 1 is 1.09 bits per heavy atom. The van der Waals surface area contributed by atoms with Crippen molar-refractivity contribution < 1.29 is 9.47 Å². The summed E-state index contributed by atoms with van der Waals surface area (Å²) in [5, 5.41) is 7.06. The smallest absolute Gasteiger partial charge is 0.191 e. The molecule has 0 aromatic heterocycles. The van der Waals surface area contributed by atoms with Gasteiger partial charge in [-0.15, -0.1) is 0 Å². The highest BCUT2D eigenvalue weighted by molar-refractivity contribution is 5.80. The minimum absolute atomic E-state index is 0.319. The molecule has 6 heteroatoms. The predicted octanol–water partition coefficient (Wildman–Crippen LogP) is 3.63. The highest BCUT2D eigenvalue weighted by atomic mass is 16.5. The molecule has 2 aliphatic rings. The number of nitrogens with one attached hydrogen (secondary N) is 2. The number of anilines is 1. The molecule has 0 spiro atoms. The minimum Gasteiger partial charge on any atom is -0.381 e. The molecule has 2 saturated heterocycles. The van der Waals surface area contributed by atoms with Gasteiger partial charge in [0.15, 0.2) is 5.96 Å². The monoisotopic (exact) mass is 436 g/mol. The van der Waals surface area contributed by atoms with Gasteiger partial charge in [-0.2, -0.15) is 0 Å².